The molecule has 0 aliphatic heterocycles. The fourth-order valence-electron chi connectivity index (χ4n) is 1.40. The van der Waals surface area contributed by atoms with Crippen LogP contribution in [0.1, 0.15) is 17.2 Å². The third kappa shape index (κ3) is 2.15. The third-order valence-electron chi connectivity index (χ3n) is 2.20. The Balaban J connectivity index is 2.38. The van der Waals surface area contributed by atoms with E-state index in [4.69, 9.17) is 17.3 Å². The van der Waals surface area contributed by atoms with Crippen molar-refractivity contribution in [3.63, 3.8) is 0 Å². The molecular formula is C11H10ClNOS. The largest absolute Gasteiger partial charge is 0.398 e. The van der Waals surface area contributed by atoms with Crippen molar-refractivity contribution in [2.75, 3.05) is 5.73 Å². The smallest absolute Gasteiger partial charge is 0.107 e. The zero-order valence-electron chi connectivity index (χ0n) is 7.85. The maximum absolute atomic E-state index is 10.0. The van der Waals surface area contributed by atoms with Gasteiger partial charge in [-0.1, -0.05) is 17.7 Å². The maximum atomic E-state index is 10.0. The number of nitrogen functional groups attached to an aromatic ring is 1. The van der Waals surface area contributed by atoms with Crippen LogP contribution in [-0.4, -0.2) is 5.11 Å². The van der Waals surface area contributed by atoms with Crippen LogP contribution in [-0.2, 0) is 0 Å². The molecule has 3 N–H and O–H groups in total. The number of rotatable bonds is 2. The summed E-state index contributed by atoms with van der Waals surface area (Å²) >= 11 is 7.33. The zero-order chi connectivity index (χ0) is 10.8. The summed E-state index contributed by atoms with van der Waals surface area (Å²) in [7, 11) is 0. The van der Waals surface area contributed by atoms with Crippen LogP contribution < -0.4 is 5.73 Å². The number of nitrogens with two attached hydrogens (primary N) is 1. The SMILES string of the molecule is Nc1cc(Cl)ccc1C(O)c1ccsc1. The molecule has 0 saturated heterocycles. The van der Waals surface area contributed by atoms with E-state index in [1.54, 1.807) is 29.5 Å². The molecule has 0 radical (unpaired) electrons. The van der Waals surface area contributed by atoms with Crippen LogP contribution in [0.3, 0.4) is 0 Å². The van der Waals surface area contributed by atoms with Crippen LogP contribution in [0.15, 0.2) is 35.0 Å². The van der Waals surface area contributed by atoms with E-state index in [-0.39, 0.29) is 0 Å². The Bertz CT molecular complexity index is 456. The molecule has 0 bridgehead atoms. The molecule has 1 aromatic carbocycles. The molecule has 2 nitrogen and oxygen atoms in total. The lowest BCUT2D eigenvalue weighted by Gasteiger charge is -2.12. The Morgan fingerprint density at radius 1 is 1.33 bits per heavy atom. The molecule has 15 heavy (non-hydrogen) atoms. The van der Waals surface area contributed by atoms with Gasteiger partial charge >= 0.3 is 0 Å². The predicted octanol–water partition coefficient (Wildman–Crippen LogP) is 3.07. The molecule has 4 heteroatoms. The van der Waals surface area contributed by atoms with Gasteiger partial charge in [-0.05, 0) is 34.5 Å². The quantitative estimate of drug-likeness (QED) is 0.792. The molecule has 1 aromatic heterocycles. The Labute approximate surface area is 96.9 Å². The summed E-state index contributed by atoms with van der Waals surface area (Å²) in [6, 6.07) is 7.00. The Kier molecular flexibility index (Phi) is 2.95. The molecule has 0 saturated carbocycles. The highest BCUT2D eigenvalue weighted by atomic mass is 35.5. The lowest BCUT2D eigenvalue weighted by Crippen LogP contribution is -2.02. The van der Waals surface area contributed by atoms with Gasteiger partial charge in [-0.25, -0.2) is 0 Å². The highest BCUT2D eigenvalue weighted by Crippen LogP contribution is 2.29. The minimum atomic E-state index is -0.673. The van der Waals surface area contributed by atoms with Gasteiger partial charge < -0.3 is 10.8 Å². The van der Waals surface area contributed by atoms with E-state index in [1.807, 2.05) is 16.8 Å². The van der Waals surface area contributed by atoms with Crippen LogP contribution in [0.2, 0.25) is 5.02 Å². The molecule has 0 aliphatic carbocycles. The summed E-state index contributed by atoms with van der Waals surface area (Å²) in [4.78, 5) is 0. The number of halogens is 1. The standard InChI is InChI=1S/C11H10ClNOS/c12-8-1-2-9(10(13)5-8)11(14)7-3-4-15-6-7/h1-6,11,14H,13H2. The van der Waals surface area contributed by atoms with Gasteiger partial charge in [0.15, 0.2) is 0 Å². The van der Waals surface area contributed by atoms with Gasteiger partial charge in [0.1, 0.15) is 6.10 Å². The summed E-state index contributed by atoms with van der Waals surface area (Å²) in [5.74, 6) is 0. The second-order valence-electron chi connectivity index (χ2n) is 3.23. The maximum Gasteiger partial charge on any atom is 0.107 e. The summed E-state index contributed by atoms with van der Waals surface area (Å²) in [6.07, 6.45) is -0.673. The van der Waals surface area contributed by atoms with Crippen molar-refractivity contribution in [2.45, 2.75) is 6.10 Å². The second-order valence-corrected chi connectivity index (χ2v) is 4.45. The molecular weight excluding hydrogens is 230 g/mol. The predicted molar refractivity (Wildman–Crippen MR) is 64.2 cm³/mol. The van der Waals surface area contributed by atoms with Crippen molar-refractivity contribution in [2.24, 2.45) is 0 Å². The van der Waals surface area contributed by atoms with E-state index < -0.39 is 6.10 Å². The van der Waals surface area contributed by atoms with Crippen molar-refractivity contribution in [1.82, 2.24) is 0 Å². The first kappa shape index (κ1) is 10.5. The first-order chi connectivity index (χ1) is 7.18. The van der Waals surface area contributed by atoms with Gasteiger partial charge in [0, 0.05) is 16.3 Å². The van der Waals surface area contributed by atoms with Crippen LogP contribution in [0.5, 0.6) is 0 Å². The van der Waals surface area contributed by atoms with Crippen molar-refractivity contribution < 1.29 is 5.11 Å². The minimum Gasteiger partial charge on any atom is -0.398 e. The van der Waals surface area contributed by atoms with Crippen LogP contribution in [0.25, 0.3) is 0 Å². The summed E-state index contributed by atoms with van der Waals surface area (Å²) < 4.78 is 0. The number of hydrogen-bond donors (Lipinski definition) is 2. The Morgan fingerprint density at radius 3 is 2.73 bits per heavy atom. The average molecular weight is 240 g/mol. The molecule has 0 spiro atoms. The van der Waals surface area contributed by atoms with E-state index in [9.17, 15) is 5.11 Å². The molecule has 1 heterocycles. The van der Waals surface area contributed by atoms with E-state index in [1.165, 1.54) is 0 Å². The molecule has 0 amide bonds. The molecule has 78 valence electrons. The summed E-state index contributed by atoms with van der Waals surface area (Å²) in [5.41, 5.74) is 7.85. The monoisotopic (exact) mass is 239 g/mol. The second kappa shape index (κ2) is 4.23. The number of aliphatic hydroxyl groups is 1. The van der Waals surface area contributed by atoms with E-state index in [2.05, 4.69) is 0 Å². The first-order valence-electron chi connectivity index (χ1n) is 4.43. The summed E-state index contributed by atoms with van der Waals surface area (Å²) in [5, 5.41) is 14.4. The minimum absolute atomic E-state index is 0.515. The van der Waals surface area contributed by atoms with E-state index in [0.29, 0.717) is 16.3 Å². The summed E-state index contributed by atoms with van der Waals surface area (Å²) in [6.45, 7) is 0. The van der Waals surface area contributed by atoms with Crippen LogP contribution in [0.4, 0.5) is 5.69 Å². The highest BCUT2D eigenvalue weighted by Gasteiger charge is 2.13. The fourth-order valence-corrected chi connectivity index (χ4v) is 2.26. The van der Waals surface area contributed by atoms with E-state index >= 15 is 0 Å². The van der Waals surface area contributed by atoms with Crippen LogP contribution in [0, 0.1) is 0 Å². The van der Waals surface area contributed by atoms with Crippen molar-refractivity contribution in [3.05, 3.63) is 51.2 Å². The molecule has 0 aliphatic rings. The molecule has 2 rings (SSSR count). The number of anilines is 1. The highest BCUT2D eigenvalue weighted by molar-refractivity contribution is 7.07. The Hall–Kier alpha value is -1.03. The normalized spacial score (nSPS) is 12.7. The zero-order valence-corrected chi connectivity index (χ0v) is 9.42. The first-order valence-corrected chi connectivity index (χ1v) is 5.75. The lowest BCUT2D eigenvalue weighted by molar-refractivity contribution is 0.221. The van der Waals surface area contributed by atoms with Crippen LogP contribution >= 0.6 is 22.9 Å². The van der Waals surface area contributed by atoms with Crippen molar-refractivity contribution in [1.29, 1.82) is 0 Å². The lowest BCUT2D eigenvalue weighted by atomic mass is 10.0. The number of benzene rings is 1. The fraction of sp³-hybridized carbons (Fsp3) is 0.0909. The molecule has 2 aromatic rings. The van der Waals surface area contributed by atoms with Crippen molar-refractivity contribution in [3.8, 4) is 0 Å². The van der Waals surface area contributed by atoms with Gasteiger partial charge in [0.2, 0.25) is 0 Å². The van der Waals surface area contributed by atoms with Gasteiger partial charge in [0.25, 0.3) is 0 Å². The topological polar surface area (TPSA) is 46.2 Å². The van der Waals surface area contributed by atoms with Gasteiger partial charge in [-0.15, -0.1) is 0 Å². The number of aliphatic hydroxyl groups excluding tert-OH is 1. The number of thiophene rings is 1. The molecule has 1 unspecified atom stereocenters. The molecule has 1 atom stereocenters. The van der Waals surface area contributed by atoms with E-state index in [0.717, 1.165) is 5.56 Å². The van der Waals surface area contributed by atoms with Gasteiger partial charge in [0.05, 0.1) is 0 Å². The van der Waals surface area contributed by atoms with Gasteiger partial charge in [-0.3, -0.25) is 0 Å². The Morgan fingerprint density at radius 2 is 2.13 bits per heavy atom. The van der Waals surface area contributed by atoms with Gasteiger partial charge in [-0.2, -0.15) is 11.3 Å². The number of hydrogen-bond acceptors (Lipinski definition) is 3. The average Bonchev–Trinajstić information content (AvgIpc) is 2.69. The molecule has 0 fully saturated rings. The van der Waals surface area contributed by atoms with Crippen molar-refractivity contribution >= 4 is 28.6 Å². The third-order valence-corrected chi connectivity index (χ3v) is 3.14.